The number of carboxylic acid groups (broad SMARTS) is 1. The molecule has 5 heteroatoms. The van der Waals surface area contributed by atoms with E-state index in [1.165, 1.54) is 12.1 Å². The van der Waals surface area contributed by atoms with Crippen LogP contribution < -0.4 is 0 Å². The molecule has 0 fully saturated rings. The normalized spacial score (nSPS) is 11.0. The third-order valence-corrected chi connectivity index (χ3v) is 3.51. The van der Waals surface area contributed by atoms with E-state index in [1.54, 1.807) is 6.07 Å². The molecule has 0 atom stereocenters. The van der Waals surface area contributed by atoms with E-state index in [0.717, 1.165) is 6.07 Å². The van der Waals surface area contributed by atoms with Gasteiger partial charge in [-0.3, -0.25) is 4.98 Å². The van der Waals surface area contributed by atoms with Crippen LogP contribution in [0.25, 0.3) is 11.3 Å². The van der Waals surface area contributed by atoms with E-state index in [4.69, 9.17) is 0 Å². The highest BCUT2D eigenvalue weighted by molar-refractivity contribution is 5.91. The average molecular weight is 319 g/mol. The Hall–Kier alpha value is -2.30. The van der Waals surface area contributed by atoms with Crippen molar-refractivity contribution in [2.75, 3.05) is 0 Å². The number of hydrogen-bond acceptors (Lipinski definition) is 2. The molecule has 2 aromatic rings. The summed E-state index contributed by atoms with van der Waals surface area (Å²) in [4.78, 5) is 15.9. The van der Waals surface area contributed by atoms with Crippen molar-refractivity contribution < 1.29 is 18.7 Å². The minimum Gasteiger partial charge on any atom is -0.478 e. The van der Waals surface area contributed by atoms with Crippen LogP contribution in [0.1, 0.15) is 42.4 Å². The first kappa shape index (κ1) is 17.1. The van der Waals surface area contributed by atoms with Crippen molar-refractivity contribution in [2.24, 2.45) is 5.92 Å². The topological polar surface area (TPSA) is 50.2 Å². The molecule has 0 bridgehead atoms. The monoisotopic (exact) mass is 319 g/mol. The largest absolute Gasteiger partial charge is 0.478 e. The van der Waals surface area contributed by atoms with Crippen molar-refractivity contribution in [3.05, 3.63) is 52.7 Å². The summed E-state index contributed by atoms with van der Waals surface area (Å²) in [5.74, 6) is -2.15. The second kappa shape index (κ2) is 6.86. The Bertz CT molecular complexity index is 722. The van der Waals surface area contributed by atoms with Crippen LogP contribution in [-0.2, 0) is 12.8 Å². The van der Waals surface area contributed by atoms with Crippen molar-refractivity contribution >= 4 is 5.97 Å². The van der Waals surface area contributed by atoms with Crippen molar-refractivity contribution in [2.45, 2.75) is 33.6 Å². The Labute approximate surface area is 134 Å². The van der Waals surface area contributed by atoms with Crippen molar-refractivity contribution in [3.8, 4) is 11.3 Å². The molecule has 23 heavy (non-hydrogen) atoms. The lowest BCUT2D eigenvalue weighted by Gasteiger charge is -2.15. The van der Waals surface area contributed by atoms with Crippen LogP contribution in [-0.4, -0.2) is 16.1 Å². The molecule has 3 nitrogen and oxygen atoms in total. The average Bonchev–Trinajstić information content (AvgIpc) is 2.44. The van der Waals surface area contributed by atoms with Gasteiger partial charge in [-0.15, -0.1) is 0 Å². The number of carbonyl (C=O) groups is 1. The maximum Gasteiger partial charge on any atom is 0.337 e. The number of aromatic carboxylic acids is 1. The summed E-state index contributed by atoms with van der Waals surface area (Å²) in [6, 6.07) is 4.82. The summed E-state index contributed by atoms with van der Waals surface area (Å²) in [6.45, 7) is 5.78. The molecule has 0 amide bonds. The van der Waals surface area contributed by atoms with Gasteiger partial charge >= 0.3 is 5.97 Å². The fourth-order valence-corrected chi connectivity index (χ4v) is 2.62. The van der Waals surface area contributed by atoms with Gasteiger partial charge in [0.15, 0.2) is 0 Å². The second-order valence-electron chi connectivity index (χ2n) is 5.90. The summed E-state index contributed by atoms with van der Waals surface area (Å²) in [5, 5.41) is 9.48. The lowest BCUT2D eigenvalue weighted by molar-refractivity contribution is 0.0694. The van der Waals surface area contributed by atoms with E-state index in [-0.39, 0.29) is 11.5 Å². The van der Waals surface area contributed by atoms with E-state index in [1.807, 2.05) is 20.8 Å². The Morgan fingerprint density at radius 2 is 1.78 bits per heavy atom. The Balaban J connectivity index is 2.67. The van der Waals surface area contributed by atoms with Gasteiger partial charge in [0, 0.05) is 11.6 Å². The first-order valence-corrected chi connectivity index (χ1v) is 7.54. The number of rotatable bonds is 5. The van der Waals surface area contributed by atoms with Gasteiger partial charge in [0.1, 0.15) is 11.6 Å². The Kier molecular flexibility index (Phi) is 5.08. The highest BCUT2D eigenvalue weighted by Crippen LogP contribution is 2.26. The fourth-order valence-electron chi connectivity index (χ4n) is 2.62. The molecule has 122 valence electrons. The molecular formula is C18H19F2NO2. The quantitative estimate of drug-likeness (QED) is 0.883. The SMILES string of the molecule is CCc1nc(-c2cc(F)cc(F)c2)cc(CC(C)C)c1C(=O)O. The maximum absolute atomic E-state index is 13.5. The van der Waals surface area contributed by atoms with Gasteiger partial charge in [-0.25, -0.2) is 13.6 Å². The number of nitrogens with zero attached hydrogens (tertiary/aromatic N) is 1. The van der Waals surface area contributed by atoms with E-state index < -0.39 is 17.6 Å². The maximum atomic E-state index is 13.5. The van der Waals surface area contributed by atoms with Gasteiger partial charge in [0.25, 0.3) is 0 Å². The number of hydrogen-bond donors (Lipinski definition) is 1. The molecule has 0 spiro atoms. The minimum absolute atomic E-state index is 0.196. The van der Waals surface area contributed by atoms with Crippen LogP contribution in [0.2, 0.25) is 0 Å². The summed E-state index contributed by atoms with van der Waals surface area (Å²) < 4.78 is 26.9. The van der Waals surface area contributed by atoms with Crippen LogP contribution in [0.5, 0.6) is 0 Å². The number of benzene rings is 1. The molecule has 1 heterocycles. The van der Waals surface area contributed by atoms with E-state index in [2.05, 4.69) is 4.98 Å². The highest BCUT2D eigenvalue weighted by Gasteiger charge is 2.19. The van der Waals surface area contributed by atoms with Crippen molar-refractivity contribution in [1.29, 1.82) is 0 Å². The second-order valence-corrected chi connectivity index (χ2v) is 5.90. The lowest BCUT2D eigenvalue weighted by Crippen LogP contribution is -2.12. The van der Waals surface area contributed by atoms with E-state index in [9.17, 15) is 18.7 Å². The predicted molar refractivity (Wildman–Crippen MR) is 84.5 cm³/mol. The van der Waals surface area contributed by atoms with Crippen LogP contribution >= 0.6 is 0 Å². The lowest BCUT2D eigenvalue weighted by atomic mass is 9.94. The van der Waals surface area contributed by atoms with Gasteiger partial charge in [-0.2, -0.15) is 0 Å². The number of aryl methyl sites for hydroxylation is 1. The molecule has 1 aromatic heterocycles. The molecule has 0 aliphatic rings. The third-order valence-electron chi connectivity index (χ3n) is 3.51. The minimum atomic E-state index is -1.03. The number of pyridine rings is 1. The predicted octanol–water partition coefficient (Wildman–Crippen LogP) is 4.49. The summed E-state index contributed by atoms with van der Waals surface area (Å²) >= 11 is 0. The zero-order valence-electron chi connectivity index (χ0n) is 13.4. The smallest absolute Gasteiger partial charge is 0.337 e. The number of aromatic nitrogens is 1. The standard InChI is InChI=1S/C18H19F2NO2/c1-4-15-17(18(22)23)12(5-10(2)3)8-16(21-15)11-6-13(19)9-14(20)7-11/h6-10H,4-5H2,1-3H3,(H,22,23). The molecule has 0 aliphatic carbocycles. The molecule has 0 saturated carbocycles. The fraction of sp³-hybridized carbons (Fsp3) is 0.333. The molecule has 0 aliphatic heterocycles. The summed E-state index contributed by atoms with van der Waals surface area (Å²) in [5.41, 5.74) is 1.95. The summed E-state index contributed by atoms with van der Waals surface area (Å²) in [7, 11) is 0. The number of carboxylic acids is 1. The molecule has 1 N–H and O–H groups in total. The first-order valence-electron chi connectivity index (χ1n) is 7.54. The number of halogens is 2. The molecule has 1 aromatic carbocycles. The Morgan fingerprint density at radius 1 is 1.17 bits per heavy atom. The molecule has 0 saturated heterocycles. The zero-order chi connectivity index (χ0) is 17.1. The zero-order valence-corrected chi connectivity index (χ0v) is 13.4. The van der Waals surface area contributed by atoms with Crippen molar-refractivity contribution in [3.63, 3.8) is 0 Å². The van der Waals surface area contributed by atoms with Crippen LogP contribution in [0.4, 0.5) is 8.78 Å². The molecule has 0 unspecified atom stereocenters. The Morgan fingerprint density at radius 3 is 2.26 bits per heavy atom. The van der Waals surface area contributed by atoms with Gasteiger partial charge < -0.3 is 5.11 Å². The van der Waals surface area contributed by atoms with Crippen LogP contribution in [0, 0.1) is 17.6 Å². The van der Waals surface area contributed by atoms with Crippen LogP contribution in [0.15, 0.2) is 24.3 Å². The van der Waals surface area contributed by atoms with Gasteiger partial charge in [0.05, 0.1) is 17.0 Å². The van der Waals surface area contributed by atoms with E-state index >= 15 is 0 Å². The first-order chi connectivity index (χ1) is 10.8. The molecule has 0 radical (unpaired) electrons. The van der Waals surface area contributed by atoms with Gasteiger partial charge in [0.2, 0.25) is 0 Å². The van der Waals surface area contributed by atoms with Gasteiger partial charge in [-0.05, 0) is 42.5 Å². The van der Waals surface area contributed by atoms with Crippen LogP contribution in [0.3, 0.4) is 0 Å². The van der Waals surface area contributed by atoms with Gasteiger partial charge in [-0.1, -0.05) is 20.8 Å². The van der Waals surface area contributed by atoms with Crippen molar-refractivity contribution in [1.82, 2.24) is 4.98 Å². The molecule has 2 rings (SSSR count). The highest BCUT2D eigenvalue weighted by atomic mass is 19.1. The van der Waals surface area contributed by atoms with E-state index in [0.29, 0.717) is 35.4 Å². The molecular weight excluding hydrogens is 300 g/mol. The summed E-state index contributed by atoms with van der Waals surface area (Å²) in [6.07, 6.45) is 0.986. The third kappa shape index (κ3) is 3.92.